The molecule has 1 aromatic carbocycles. The summed E-state index contributed by atoms with van der Waals surface area (Å²) in [6.45, 7) is 0. The number of nitrogens with one attached hydrogen (secondary N) is 1. The quantitative estimate of drug-likeness (QED) is 0.657. The Balaban J connectivity index is 2.62. The Bertz CT molecular complexity index is 497. The number of hydrogen-bond acceptors (Lipinski definition) is 3. The van der Waals surface area contributed by atoms with E-state index >= 15 is 0 Å². The van der Waals surface area contributed by atoms with Crippen molar-refractivity contribution >= 4 is 16.6 Å². The zero-order chi connectivity index (χ0) is 9.97. The molecule has 0 spiro atoms. The summed E-state index contributed by atoms with van der Waals surface area (Å²) in [6.07, 6.45) is 1.25. The summed E-state index contributed by atoms with van der Waals surface area (Å²) >= 11 is 0. The van der Waals surface area contributed by atoms with Crippen LogP contribution in [-0.4, -0.2) is 9.97 Å². The molecule has 2 aromatic rings. The van der Waals surface area contributed by atoms with E-state index in [9.17, 15) is 0 Å². The van der Waals surface area contributed by atoms with Crippen LogP contribution >= 0.6 is 0 Å². The maximum absolute atomic E-state index is 8.75. The first-order valence-electron chi connectivity index (χ1n) is 4.12. The lowest BCUT2D eigenvalue weighted by Crippen LogP contribution is -1.88. The minimum absolute atomic E-state index is 0.348. The van der Waals surface area contributed by atoms with Crippen LogP contribution < -0.4 is 5.73 Å². The molecule has 4 heteroatoms. The second-order valence-electron chi connectivity index (χ2n) is 2.79. The van der Waals surface area contributed by atoms with E-state index in [0.717, 1.165) is 11.0 Å². The summed E-state index contributed by atoms with van der Waals surface area (Å²) in [5.74, 6) is 0.510. The molecule has 0 saturated carbocycles. The van der Waals surface area contributed by atoms with Crippen LogP contribution in [0.15, 0.2) is 30.5 Å². The third-order valence-corrected chi connectivity index (χ3v) is 1.93. The van der Waals surface area contributed by atoms with Gasteiger partial charge in [-0.05, 0) is 12.1 Å². The molecule has 0 unspecified atom stereocenters. The highest BCUT2D eigenvalue weighted by atomic mass is 14.9. The van der Waals surface area contributed by atoms with Gasteiger partial charge >= 0.3 is 0 Å². The van der Waals surface area contributed by atoms with E-state index in [2.05, 4.69) is 9.97 Å². The molecular formula is C10H8N4. The van der Waals surface area contributed by atoms with Gasteiger partial charge in [-0.15, -0.1) is 0 Å². The van der Waals surface area contributed by atoms with E-state index in [4.69, 9.17) is 11.0 Å². The number of nitrogens with zero attached hydrogens (tertiary/aromatic N) is 2. The number of H-pyrrole nitrogens is 1. The third kappa shape index (κ3) is 1.21. The Labute approximate surface area is 80.7 Å². The van der Waals surface area contributed by atoms with E-state index in [1.165, 1.54) is 6.20 Å². The molecule has 1 aromatic heterocycles. The van der Waals surface area contributed by atoms with Gasteiger partial charge in [0.2, 0.25) is 0 Å². The standard InChI is InChI=1S/C10H8N4/c11-5-7(6-12)10-13-8-3-1-2-4-9(8)14-10/h1-5H,11H2,(H,13,14)/b7-5-. The first-order chi connectivity index (χ1) is 6.85. The van der Waals surface area contributed by atoms with Crippen molar-refractivity contribution in [2.75, 3.05) is 0 Å². The Kier molecular flexibility index (Phi) is 1.92. The van der Waals surface area contributed by atoms with Gasteiger partial charge in [0, 0.05) is 6.20 Å². The molecule has 0 saturated heterocycles. The molecule has 0 aliphatic heterocycles. The summed E-state index contributed by atoms with van der Waals surface area (Å²) in [5.41, 5.74) is 7.37. The molecular weight excluding hydrogens is 176 g/mol. The van der Waals surface area contributed by atoms with Crippen molar-refractivity contribution in [3.05, 3.63) is 36.3 Å². The molecule has 0 aliphatic rings. The second-order valence-corrected chi connectivity index (χ2v) is 2.79. The number of rotatable bonds is 1. The van der Waals surface area contributed by atoms with Crippen molar-refractivity contribution in [1.82, 2.24) is 9.97 Å². The molecule has 4 nitrogen and oxygen atoms in total. The largest absolute Gasteiger partial charge is 0.403 e. The van der Waals surface area contributed by atoms with Gasteiger partial charge in [0.25, 0.3) is 0 Å². The molecule has 0 radical (unpaired) electrons. The van der Waals surface area contributed by atoms with Crippen molar-refractivity contribution in [2.45, 2.75) is 0 Å². The lowest BCUT2D eigenvalue weighted by Gasteiger charge is -1.87. The maximum Gasteiger partial charge on any atom is 0.150 e. The van der Waals surface area contributed by atoms with E-state index in [1.54, 1.807) is 0 Å². The number of para-hydroxylation sites is 2. The van der Waals surface area contributed by atoms with Crippen LogP contribution in [0.1, 0.15) is 5.82 Å². The zero-order valence-electron chi connectivity index (χ0n) is 7.36. The maximum atomic E-state index is 8.75. The second kappa shape index (κ2) is 3.23. The van der Waals surface area contributed by atoms with Crippen LogP contribution in [0.5, 0.6) is 0 Å². The highest BCUT2D eigenvalue weighted by Crippen LogP contribution is 2.15. The average molecular weight is 184 g/mol. The smallest absolute Gasteiger partial charge is 0.150 e. The molecule has 0 atom stereocenters. The van der Waals surface area contributed by atoms with Gasteiger partial charge < -0.3 is 10.7 Å². The highest BCUT2D eigenvalue weighted by Gasteiger charge is 2.05. The van der Waals surface area contributed by atoms with E-state index in [0.29, 0.717) is 11.4 Å². The van der Waals surface area contributed by atoms with Crippen LogP contribution in [-0.2, 0) is 0 Å². The molecule has 3 N–H and O–H groups in total. The minimum Gasteiger partial charge on any atom is -0.403 e. The number of aromatic amines is 1. The third-order valence-electron chi connectivity index (χ3n) is 1.93. The van der Waals surface area contributed by atoms with Crippen LogP contribution in [0.25, 0.3) is 16.6 Å². The summed E-state index contributed by atoms with van der Waals surface area (Å²) < 4.78 is 0. The lowest BCUT2D eigenvalue weighted by molar-refractivity contribution is 1.26. The van der Waals surface area contributed by atoms with Gasteiger partial charge in [-0.3, -0.25) is 0 Å². The van der Waals surface area contributed by atoms with Crippen LogP contribution in [0.2, 0.25) is 0 Å². The number of aromatic nitrogens is 2. The van der Waals surface area contributed by atoms with Crippen molar-refractivity contribution < 1.29 is 0 Å². The lowest BCUT2D eigenvalue weighted by atomic mass is 10.3. The zero-order valence-corrected chi connectivity index (χ0v) is 7.36. The number of nitriles is 1. The molecule has 0 amide bonds. The number of nitrogens with two attached hydrogens (primary N) is 1. The van der Waals surface area contributed by atoms with Gasteiger partial charge in [0.05, 0.1) is 11.0 Å². The number of fused-ring (bicyclic) bond motifs is 1. The molecule has 68 valence electrons. The summed E-state index contributed by atoms with van der Waals surface area (Å²) in [7, 11) is 0. The van der Waals surface area contributed by atoms with E-state index < -0.39 is 0 Å². The summed E-state index contributed by atoms with van der Waals surface area (Å²) in [5, 5.41) is 8.75. The molecule has 0 aliphatic carbocycles. The van der Waals surface area contributed by atoms with Crippen molar-refractivity contribution in [1.29, 1.82) is 5.26 Å². The SMILES string of the molecule is N#C/C(=C/N)c1nc2ccccc2[nH]1. The molecule has 0 bridgehead atoms. The van der Waals surface area contributed by atoms with Crippen molar-refractivity contribution in [2.24, 2.45) is 5.73 Å². The molecule has 1 heterocycles. The number of allylic oxidation sites excluding steroid dienone is 1. The first-order valence-corrected chi connectivity index (χ1v) is 4.12. The van der Waals surface area contributed by atoms with Crippen LogP contribution in [0.4, 0.5) is 0 Å². The fourth-order valence-corrected chi connectivity index (χ4v) is 1.25. The van der Waals surface area contributed by atoms with Crippen LogP contribution in [0, 0.1) is 11.3 Å². The Hall–Kier alpha value is -2.28. The molecule has 2 rings (SSSR count). The Morgan fingerprint density at radius 2 is 2.29 bits per heavy atom. The summed E-state index contributed by atoms with van der Waals surface area (Å²) in [6, 6.07) is 9.55. The predicted molar refractivity (Wildman–Crippen MR) is 53.9 cm³/mol. The van der Waals surface area contributed by atoms with Gasteiger partial charge in [0.1, 0.15) is 11.6 Å². The summed E-state index contributed by atoms with van der Waals surface area (Å²) in [4.78, 5) is 7.24. The molecule has 0 fully saturated rings. The fraction of sp³-hybridized carbons (Fsp3) is 0. The van der Waals surface area contributed by atoms with Crippen molar-refractivity contribution in [3.63, 3.8) is 0 Å². The minimum atomic E-state index is 0.348. The average Bonchev–Trinajstić information content (AvgIpc) is 2.63. The monoisotopic (exact) mass is 184 g/mol. The van der Waals surface area contributed by atoms with Gasteiger partial charge in [-0.25, -0.2) is 4.98 Å². The van der Waals surface area contributed by atoms with E-state index in [-0.39, 0.29) is 0 Å². The highest BCUT2D eigenvalue weighted by molar-refractivity contribution is 5.81. The number of hydrogen-bond donors (Lipinski definition) is 2. The number of imidazole rings is 1. The Morgan fingerprint density at radius 1 is 1.50 bits per heavy atom. The van der Waals surface area contributed by atoms with Gasteiger partial charge in [0.15, 0.2) is 5.82 Å². The predicted octanol–water partition coefficient (Wildman–Crippen LogP) is 1.39. The molecule has 14 heavy (non-hydrogen) atoms. The van der Waals surface area contributed by atoms with Gasteiger partial charge in [-0.2, -0.15) is 5.26 Å². The van der Waals surface area contributed by atoms with Crippen molar-refractivity contribution in [3.8, 4) is 6.07 Å². The van der Waals surface area contributed by atoms with Crippen LogP contribution in [0.3, 0.4) is 0 Å². The normalized spacial score (nSPS) is 11.5. The number of benzene rings is 1. The Morgan fingerprint density at radius 3 is 2.93 bits per heavy atom. The fourth-order valence-electron chi connectivity index (χ4n) is 1.25. The first kappa shape index (κ1) is 8.32. The van der Waals surface area contributed by atoms with Gasteiger partial charge in [-0.1, -0.05) is 12.1 Å². The topological polar surface area (TPSA) is 78.5 Å². The van der Waals surface area contributed by atoms with E-state index in [1.807, 2.05) is 30.3 Å².